The zero-order valence-electron chi connectivity index (χ0n) is 15.7. The Morgan fingerprint density at radius 3 is 2.84 bits per heavy atom. The summed E-state index contributed by atoms with van der Waals surface area (Å²) in [4.78, 5) is 6.80. The number of aliphatic imine (C=N–C) groups is 1. The molecule has 5 heteroatoms. The SMILES string of the molecule is CN=C(NCCCn1ccc2ccccc21)NCC(C)N(C)C1CC1. The molecule has 25 heavy (non-hydrogen) atoms. The van der Waals surface area contributed by atoms with Crippen LogP contribution in [-0.2, 0) is 6.54 Å². The van der Waals surface area contributed by atoms with Crippen molar-refractivity contribution < 1.29 is 0 Å². The third kappa shape index (κ3) is 4.75. The molecule has 1 heterocycles. The molecule has 0 bridgehead atoms. The van der Waals surface area contributed by atoms with Gasteiger partial charge in [-0.1, -0.05) is 18.2 Å². The zero-order chi connectivity index (χ0) is 17.6. The number of likely N-dealkylation sites (N-methyl/N-ethyl adjacent to an activating group) is 1. The first-order chi connectivity index (χ1) is 12.2. The highest BCUT2D eigenvalue weighted by atomic mass is 15.2. The number of nitrogens with one attached hydrogen (secondary N) is 2. The van der Waals surface area contributed by atoms with E-state index in [1.807, 2.05) is 7.05 Å². The van der Waals surface area contributed by atoms with Crippen LogP contribution in [0.25, 0.3) is 10.9 Å². The lowest BCUT2D eigenvalue weighted by atomic mass is 10.2. The van der Waals surface area contributed by atoms with Gasteiger partial charge in [-0.3, -0.25) is 9.89 Å². The van der Waals surface area contributed by atoms with Crippen LogP contribution in [0.3, 0.4) is 0 Å². The Kier molecular flexibility index (Phi) is 5.97. The van der Waals surface area contributed by atoms with Gasteiger partial charge in [0.2, 0.25) is 0 Å². The molecule has 1 atom stereocenters. The second kappa shape index (κ2) is 8.39. The molecular weight excluding hydrogens is 310 g/mol. The molecular formula is C20H31N5. The minimum atomic E-state index is 0.525. The van der Waals surface area contributed by atoms with E-state index in [0.29, 0.717) is 6.04 Å². The lowest BCUT2D eigenvalue weighted by Crippen LogP contribution is -2.45. The third-order valence-electron chi connectivity index (χ3n) is 5.16. The number of nitrogens with zero attached hydrogens (tertiary/aromatic N) is 3. The molecule has 1 aromatic carbocycles. The summed E-state index contributed by atoms with van der Waals surface area (Å²) in [6.07, 6.45) is 5.94. The van der Waals surface area contributed by atoms with Crippen LogP contribution in [0.4, 0.5) is 0 Å². The molecule has 136 valence electrons. The number of benzene rings is 1. The number of hydrogen-bond acceptors (Lipinski definition) is 2. The van der Waals surface area contributed by atoms with Crippen LogP contribution in [0.1, 0.15) is 26.2 Å². The maximum atomic E-state index is 4.33. The fourth-order valence-corrected chi connectivity index (χ4v) is 3.24. The van der Waals surface area contributed by atoms with E-state index in [1.165, 1.54) is 23.7 Å². The van der Waals surface area contributed by atoms with E-state index in [4.69, 9.17) is 0 Å². The van der Waals surface area contributed by atoms with Gasteiger partial charge in [0.15, 0.2) is 5.96 Å². The average Bonchev–Trinajstić information content (AvgIpc) is 3.41. The normalized spacial score (nSPS) is 16.4. The quantitative estimate of drug-likeness (QED) is 0.441. The molecule has 3 rings (SSSR count). The summed E-state index contributed by atoms with van der Waals surface area (Å²) in [5, 5.41) is 8.18. The Balaban J connectivity index is 1.38. The molecule has 2 N–H and O–H groups in total. The number of aryl methyl sites for hydroxylation is 1. The molecule has 0 spiro atoms. The second-order valence-corrected chi connectivity index (χ2v) is 7.05. The van der Waals surface area contributed by atoms with E-state index in [2.05, 4.69) is 75.6 Å². The molecule has 1 aliphatic carbocycles. The molecule has 0 saturated heterocycles. The summed E-state index contributed by atoms with van der Waals surface area (Å²) in [7, 11) is 4.06. The van der Waals surface area contributed by atoms with Crippen LogP contribution in [0, 0.1) is 0 Å². The van der Waals surface area contributed by atoms with E-state index in [1.54, 1.807) is 0 Å². The van der Waals surface area contributed by atoms with Crippen molar-refractivity contribution in [2.75, 3.05) is 27.2 Å². The van der Waals surface area contributed by atoms with Gasteiger partial charge in [0.25, 0.3) is 0 Å². The van der Waals surface area contributed by atoms with Gasteiger partial charge < -0.3 is 15.2 Å². The molecule has 1 unspecified atom stereocenters. The van der Waals surface area contributed by atoms with E-state index >= 15 is 0 Å². The van der Waals surface area contributed by atoms with Crippen molar-refractivity contribution in [1.29, 1.82) is 0 Å². The first-order valence-electron chi connectivity index (χ1n) is 9.39. The predicted molar refractivity (Wildman–Crippen MR) is 106 cm³/mol. The molecule has 0 radical (unpaired) electrons. The van der Waals surface area contributed by atoms with Gasteiger partial charge >= 0.3 is 0 Å². The summed E-state index contributed by atoms with van der Waals surface area (Å²) < 4.78 is 2.32. The zero-order valence-corrected chi connectivity index (χ0v) is 15.7. The highest BCUT2D eigenvalue weighted by Gasteiger charge is 2.28. The number of para-hydroxylation sites is 1. The molecule has 5 nitrogen and oxygen atoms in total. The molecule has 1 aliphatic rings. The highest BCUT2D eigenvalue weighted by molar-refractivity contribution is 5.80. The van der Waals surface area contributed by atoms with Crippen molar-refractivity contribution in [1.82, 2.24) is 20.1 Å². The van der Waals surface area contributed by atoms with Crippen LogP contribution < -0.4 is 10.6 Å². The lowest BCUT2D eigenvalue weighted by Gasteiger charge is -2.25. The Labute approximate surface area is 151 Å². The number of guanidine groups is 1. The van der Waals surface area contributed by atoms with Crippen molar-refractivity contribution in [2.24, 2.45) is 4.99 Å². The van der Waals surface area contributed by atoms with E-state index in [9.17, 15) is 0 Å². The molecule has 0 amide bonds. The number of hydrogen-bond donors (Lipinski definition) is 2. The van der Waals surface area contributed by atoms with Gasteiger partial charge in [0, 0.05) is 50.5 Å². The number of aromatic nitrogens is 1. The highest BCUT2D eigenvalue weighted by Crippen LogP contribution is 2.26. The Morgan fingerprint density at radius 2 is 2.08 bits per heavy atom. The van der Waals surface area contributed by atoms with Crippen molar-refractivity contribution >= 4 is 16.9 Å². The third-order valence-corrected chi connectivity index (χ3v) is 5.16. The summed E-state index contributed by atoms with van der Waals surface area (Å²) in [5.74, 6) is 0.897. The van der Waals surface area contributed by atoms with Crippen LogP contribution in [0.2, 0.25) is 0 Å². The maximum Gasteiger partial charge on any atom is 0.191 e. The van der Waals surface area contributed by atoms with Crippen molar-refractivity contribution in [3.63, 3.8) is 0 Å². The second-order valence-electron chi connectivity index (χ2n) is 7.05. The van der Waals surface area contributed by atoms with Gasteiger partial charge in [0.05, 0.1) is 0 Å². The largest absolute Gasteiger partial charge is 0.356 e. The Hall–Kier alpha value is -2.01. The minimum absolute atomic E-state index is 0.525. The molecule has 1 aromatic heterocycles. The van der Waals surface area contributed by atoms with Crippen LogP contribution in [-0.4, -0.2) is 54.7 Å². The fourth-order valence-electron chi connectivity index (χ4n) is 3.24. The monoisotopic (exact) mass is 341 g/mol. The van der Waals surface area contributed by atoms with Crippen LogP contribution >= 0.6 is 0 Å². The van der Waals surface area contributed by atoms with Crippen molar-refractivity contribution in [3.05, 3.63) is 36.5 Å². The molecule has 1 fully saturated rings. The molecule has 0 aliphatic heterocycles. The first-order valence-corrected chi connectivity index (χ1v) is 9.39. The molecule has 2 aromatic rings. The smallest absolute Gasteiger partial charge is 0.191 e. The van der Waals surface area contributed by atoms with E-state index < -0.39 is 0 Å². The van der Waals surface area contributed by atoms with Crippen molar-refractivity contribution in [3.8, 4) is 0 Å². The van der Waals surface area contributed by atoms with E-state index in [0.717, 1.165) is 38.1 Å². The predicted octanol–water partition coefficient (Wildman–Crippen LogP) is 2.68. The van der Waals surface area contributed by atoms with Gasteiger partial charge in [-0.25, -0.2) is 0 Å². The van der Waals surface area contributed by atoms with Gasteiger partial charge in [0.1, 0.15) is 0 Å². The van der Waals surface area contributed by atoms with Crippen molar-refractivity contribution in [2.45, 2.75) is 44.8 Å². The summed E-state index contributed by atoms with van der Waals surface area (Å²) >= 11 is 0. The van der Waals surface area contributed by atoms with Gasteiger partial charge in [-0.2, -0.15) is 0 Å². The lowest BCUT2D eigenvalue weighted by molar-refractivity contribution is 0.247. The maximum absolute atomic E-state index is 4.33. The standard InChI is InChI=1S/C20H31N5/c1-16(24(3)18-9-10-18)15-23-20(21-2)22-12-6-13-25-14-11-17-7-4-5-8-19(17)25/h4-5,7-8,11,14,16,18H,6,9-10,12-13,15H2,1-3H3,(H2,21,22,23). The fraction of sp³-hybridized carbons (Fsp3) is 0.550. The minimum Gasteiger partial charge on any atom is -0.356 e. The molecule has 1 saturated carbocycles. The van der Waals surface area contributed by atoms with Crippen LogP contribution in [0.15, 0.2) is 41.5 Å². The summed E-state index contributed by atoms with van der Waals surface area (Å²) in [6.45, 7) is 5.13. The summed E-state index contributed by atoms with van der Waals surface area (Å²) in [6, 6.07) is 12.0. The number of rotatable bonds is 8. The summed E-state index contributed by atoms with van der Waals surface area (Å²) in [5.41, 5.74) is 1.31. The van der Waals surface area contributed by atoms with E-state index in [-0.39, 0.29) is 0 Å². The first kappa shape index (κ1) is 17.8. The van der Waals surface area contributed by atoms with Crippen LogP contribution in [0.5, 0.6) is 0 Å². The van der Waals surface area contributed by atoms with Gasteiger partial charge in [-0.15, -0.1) is 0 Å². The Bertz CT molecular complexity index is 701. The average molecular weight is 342 g/mol. The van der Waals surface area contributed by atoms with Gasteiger partial charge in [-0.05, 0) is 50.8 Å². The Morgan fingerprint density at radius 1 is 1.28 bits per heavy atom. The number of fused-ring (bicyclic) bond motifs is 1. The topological polar surface area (TPSA) is 44.6 Å².